The molecule has 6 heteroatoms. The second-order valence-corrected chi connectivity index (χ2v) is 6.17. The fourth-order valence-corrected chi connectivity index (χ4v) is 3.17. The highest BCUT2D eigenvalue weighted by Crippen LogP contribution is 2.35. The van der Waals surface area contributed by atoms with E-state index in [4.69, 9.17) is 5.11 Å². The molecule has 2 atom stereocenters. The van der Waals surface area contributed by atoms with Crippen LogP contribution in [0.5, 0.6) is 0 Å². The lowest BCUT2D eigenvalue weighted by molar-refractivity contribution is -0.151. The monoisotopic (exact) mass is 316 g/mol. The van der Waals surface area contributed by atoms with Gasteiger partial charge in [0.1, 0.15) is 0 Å². The summed E-state index contributed by atoms with van der Waals surface area (Å²) < 4.78 is 0. The molecule has 0 aromatic heterocycles. The summed E-state index contributed by atoms with van der Waals surface area (Å²) in [5.74, 6) is -2.12. The molecule has 1 heterocycles. The number of carbonyl (C=O) groups is 3. The Hall–Kier alpha value is -2.37. The number of aliphatic carboxylic acids is 1. The predicted molar refractivity (Wildman–Crippen MR) is 85.1 cm³/mol. The van der Waals surface area contributed by atoms with Crippen molar-refractivity contribution < 1.29 is 19.5 Å². The maximum Gasteiger partial charge on any atom is 0.307 e. The quantitative estimate of drug-likeness (QED) is 0.892. The molecule has 23 heavy (non-hydrogen) atoms. The van der Waals surface area contributed by atoms with E-state index in [-0.39, 0.29) is 11.8 Å². The van der Waals surface area contributed by atoms with Gasteiger partial charge in [-0.3, -0.25) is 14.4 Å². The van der Waals surface area contributed by atoms with E-state index in [2.05, 4.69) is 5.32 Å². The summed E-state index contributed by atoms with van der Waals surface area (Å²) in [6.45, 7) is 0.694. The first kappa shape index (κ1) is 15.5. The summed E-state index contributed by atoms with van der Waals surface area (Å²) in [5, 5.41) is 11.8. The smallest absolute Gasteiger partial charge is 0.307 e. The van der Waals surface area contributed by atoms with E-state index in [1.54, 1.807) is 23.1 Å². The van der Waals surface area contributed by atoms with Crippen molar-refractivity contribution in [3.63, 3.8) is 0 Å². The van der Waals surface area contributed by atoms with Gasteiger partial charge in [0.25, 0.3) is 0 Å². The van der Waals surface area contributed by atoms with Gasteiger partial charge in [0.05, 0.1) is 11.8 Å². The number of rotatable bonds is 4. The SMILES string of the molecule is O=C(O)C1CCC1C(=O)Nc1cccc(N2CCCCC2=O)c1. The Kier molecular flexibility index (Phi) is 4.32. The number of carboxylic acid groups (broad SMARTS) is 1. The van der Waals surface area contributed by atoms with Crippen LogP contribution in [0.15, 0.2) is 24.3 Å². The third-order valence-electron chi connectivity index (χ3n) is 4.68. The van der Waals surface area contributed by atoms with Gasteiger partial charge in [-0.2, -0.15) is 0 Å². The van der Waals surface area contributed by atoms with E-state index >= 15 is 0 Å². The van der Waals surface area contributed by atoms with Crippen LogP contribution < -0.4 is 10.2 Å². The first-order valence-electron chi connectivity index (χ1n) is 8.00. The molecule has 3 rings (SSSR count). The zero-order valence-corrected chi connectivity index (χ0v) is 12.8. The average molecular weight is 316 g/mol. The first-order valence-corrected chi connectivity index (χ1v) is 8.00. The molecule has 0 radical (unpaired) electrons. The molecule has 1 saturated heterocycles. The lowest BCUT2D eigenvalue weighted by atomic mass is 9.73. The van der Waals surface area contributed by atoms with Gasteiger partial charge < -0.3 is 15.3 Å². The fourth-order valence-electron chi connectivity index (χ4n) is 3.17. The van der Waals surface area contributed by atoms with Gasteiger partial charge in [0.15, 0.2) is 0 Å². The van der Waals surface area contributed by atoms with Crippen LogP contribution in [0.3, 0.4) is 0 Å². The molecule has 122 valence electrons. The highest BCUT2D eigenvalue weighted by molar-refractivity contribution is 5.98. The average Bonchev–Trinajstić information content (AvgIpc) is 2.46. The van der Waals surface area contributed by atoms with E-state index in [0.29, 0.717) is 31.5 Å². The van der Waals surface area contributed by atoms with Crippen LogP contribution >= 0.6 is 0 Å². The minimum Gasteiger partial charge on any atom is -0.481 e. The number of carbonyl (C=O) groups excluding carboxylic acids is 2. The Morgan fingerprint density at radius 2 is 1.96 bits per heavy atom. The molecule has 2 unspecified atom stereocenters. The Morgan fingerprint density at radius 1 is 1.17 bits per heavy atom. The van der Waals surface area contributed by atoms with Gasteiger partial charge in [-0.1, -0.05) is 6.07 Å². The molecular formula is C17H20N2O4. The minimum atomic E-state index is -0.913. The minimum absolute atomic E-state index is 0.102. The predicted octanol–water partition coefficient (Wildman–Crippen LogP) is 2.25. The van der Waals surface area contributed by atoms with Gasteiger partial charge in [-0.15, -0.1) is 0 Å². The second-order valence-electron chi connectivity index (χ2n) is 6.17. The largest absolute Gasteiger partial charge is 0.481 e. The molecule has 1 aliphatic carbocycles. The zero-order valence-electron chi connectivity index (χ0n) is 12.8. The maximum absolute atomic E-state index is 12.2. The van der Waals surface area contributed by atoms with Gasteiger partial charge in [0.2, 0.25) is 11.8 Å². The molecule has 1 aliphatic heterocycles. The van der Waals surface area contributed by atoms with Crippen molar-refractivity contribution in [1.29, 1.82) is 0 Å². The van der Waals surface area contributed by atoms with Crippen molar-refractivity contribution in [2.75, 3.05) is 16.8 Å². The molecule has 2 amide bonds. The molecular weight excluding hydrogens is 296 g/mol. The van der Waals surface area contributed by atoms with E-state index in [1.807, 2.05) is 6.07 Å². The third kappa shape index (κ3) is 3.21. The molecule has 2 N–H and O–H groups in total. The zero-order chi connectivity index (χ0) is 16.4. The van der Waals surface area contributed by atoms with Crippen molar-refractivity contribution >= 4 is 29.2 Å². The summed E-state index contributed by atoms with van der Waals surface area (Å²) in [7, 11) is 0. The first-order chi connectivity index (χ1) is 11.1. The van der Waals surface area contributed by atoms with E-state index in [0.717, 1.165) is 18.5 Å². The van der Waals surface area contributed by atoms with Crippen LogP contribution in [0.4, 0.5) is 11.4 Å². The van der Waals surface area contributed by atoms with Gasteiger partial charge in [-0.25, -0.2) is 0 Å². The summed E-state index contributed by atoms with van der Waals surface area (Å²) >= 11 is 0. The number of amides is 2. The summed E-state index contributed by atoms with van der Waals surface area (Å²) in [6.07, 6.45) is 3.61. The van der Waals surface area contributed by atoms with Crippen molar-refractivity contribution in [2.45, 2.75) is 32.1 Å². The summed E-state index contributed by atoms with van der Waals surface area (Å²) in [4.78, 5) is 36.9. The number of nitrogens with one attached hydrogen (secondary N) is 1. The number of hydrogen-bond donors (Lipinski definition) is 2. The number of piperidine rings is 1. The molecule has 1 saturated carbocycles. The molecule has 2 fully saturated rings. The molecule has 2 aliphatic rings. The van der Waals surface area contributed by atoms with Gasteiger partial charge in [0, 0.05) is 24.3 Å². The normalized spacial score (nSPS) is 24.0. The number of hydrogen-bond acceptors (Lipinski definition) is 3. The molecule has 1 aromatic carbocycles. The Morgan fingerprint density at radius 3 is 2.61 bits per heavy atom. The third-order valence-corrected chi connectivity index (χ3v) is 4.68. The molecule has 0 bridgehead atoms. The number of anilines is 2. The number of nitrogens with zero attached hydrogens (tertiary/aromatic N) is 1. The highest BCUT2D eigenvalue weighted by atomic mass is 16.4. The topological polar surface area (TPSA) is 86.7 Å². The summed E-state index contributed by atoms with van der Waals surface area (Å²) in [5.41, 5.74) is 1.37. The Labute approximate surface area is 134 Å². The van der Waals surface area contributed by atoms with Crippen molar-refractivity contribution in [3.05, 3.63) is 24.3 Å². The number of benzene rings is 1. The van der Waals surface area contributed by atoms with Crippen LogP contribution in [-0.2, 0) is 14.4 Å². The number of carboxylic acids is 1. The van der Waals surface area contributed by atoms with Crippen LogP contribution in [0.1, 0.15) is 32.1 Å². The van der Waals surface area contributed by atoms with Crippen LogP contribution in [0.2, 0.25) is 0 Å². The van der Waals surface area contributed by atoms with Gasteiger partial charge >= 0.3 is 5.97 Å². The molecule has 0 spiro atoms. The van der Waals surface area contributed by atoms with E-state index in [9.17, 15) is 14.4 Å². The van der Waals surface area contributed by atoms with Crippen LogP contribution in [0, 0.1) is 11.8 Å². The van der Waals surface area contributed by atoms with Crippen molar-refractivity contribution in [3.8, 4) is 0 Å². The Bertz CT molecular complexity index is 643. The summed E-state index contributed by atoms with van der Waals surface area (Å²) in [6, 6.07) is 7.17. The van der Waals surface area contributed by atoms with E-state index < -0.39 is 17.8 Å². The highest BCUT2D eigenvalue weighted by Gasteiger charge is 2.41. The van der Waals surface area contributed by atoms with Crippen LogP contribution in [-0.4, -0.2) is 29.4 Å². The second kappa shape index (κ2) is 6.40. The Balaban J connectivity index is 1.69. The maximum atomic E-state index is 12.2. The van der Waals surface area contributed by atoms with Gasteiger partial charge in [-0.05, 0) is 43.9 Å². The van der Waals surface area contributed by atoms with Crippen molar-refractivity contribution in [2.24, 2.45) is 11.8 Å². The van der Waals surface area contributed by atoms with Crippen molar-refractivity contribution in [1.82, 2.24) is 0 Å². The van der Waals surface area contributed by atoms with E-state index in [1.165, 1.54) is 0 Å². The lowest BCUT2D eigenvalue weighted by Crippen LogP contribution is -2.41. The van der Waals surface area contributed by atoms with Crippen LogP contribution in [0.25, 0.3) is 0 Å². The standard InChI is InChI=1S/C17H20N2O4/c20-15-6-1-2-9-19(15)12-5-3-4-11(10-12)18-16(21)13-7-8-14(13)17(22)23/h3-5,10,13-14H,1-2,6-9H2,(H,18,21)(H,22,23). The molecule has 6 nitrogen and oxygen atoms in total. The fraction of sp³-hybridized carbons (Fsp3) is 0.471. The molecule has 1 aromatic rings. The lowest BCUT2D eigenvalue weighted by Gasteiger charge is -2.32.